The lowest BCUT2D eigenvalue weighted by Gasteiger charge is -2.16. The van der Waals surface area contributed by atoms with E-state index >= 15 is 0 Å². The topological polar surface area (TPSA) is 81.7 Å². The van der Waals surface area contributed by atoms with Crippen LogP contribution < -0.4 is 14.8 Å². The van der Waals surface area contributed by atoms with E-state index in [1.165, 1.54) is 0 Å². The minimum Gasteiger partial charge on any atom is -0.497 e. The molecule has 0 heterocycles. The molecule has 1 amide bonds. The van der Waals surface area contributed by atoms with Gasteiger partial charge in [0.1, 0.15) is 11.5 Å². The van der Waals surface area contributed by atoms with E-state index < -0.39 is 9.84 Å². The molecule has 0 aliphatic heterocycles. The minimum absolute atomic E-state index is 0.159. The number of hydrogen-bond donors (Lipinski definition) is 1. The molecule has 140 valence electrons. The van der Waals surface area contributed by atoms with Crippen LogP contribution in [0.4, 0.5) is 0 Å². The lowest BCUT2D eigenvalue weighted by Crippen LogP contribution is -2.28. The summed E-state index contributed by atoms with van der Waals surface area (Å²) >= 11 is 0. The standard InChI is InChI=1S/C19H23NO5S/c1-13(14-6-9-17(10-7-14)26(4,22)23)20-19(21)11-15-5-8-16(24-2)12-18(15)25-3/h5-10,12-13H,11H2,1-4H3,(H,20,21). The van der Waals surface area contributed by atoms with E-state index in [0.717, 1.165) is 17.4 Å². The van der Waals surface area contributed by atoms with Gasteiger partial charge in [0.25, 0.3) is 0 Å². The number of carbonyl (C=O) groups excluding carboxylic acids is 1. The van der Waals surface area contributed by atoms with Gasteiger partial charge in [-0.25, -0.2) is 8.42 Å². The fourth-order valence-corrected chi connectivity index (χ4v) is 3.18. The van der Waals surface area contributed by atoms with Gasteiger partial charge in [-0.2, -0.15) is 0 Å². The zero-order chi connectivity index (χ0) is 19.3. The molecule has 1 atom stereocenters. The second kappa shape index (κ2) is 8.23. The van der Waals surface area contributed by atoms with Gasteiger partial charge in [-0.1, -0.05) is 18.2 Å². The molecule has 2 aromatic carbocycles. The Morgan fingerprint density at radius 1 is 1.08 bits per heavy atom. The summed E-state index contributed by atoms with van der Waals surface area (Å²) in [4.78, 5) is 12.6. The number of benzene rings is 2. The van der Waals surface area contributed by atoms with Crippen molar-refractivity contribution in [2.24, 2.45) is 0 Å². The van der Waals surface area contributed by atoms with Crippen LogP contribution in [0.5, 0.6) is 11.5 Å². The van der Waals surface area contributed by atoms with E-state index in [1.54, 1.807) is 56.7 Å². The van der Waals surface area contributed by atoms with Crippen LogP contribution in [-0.4, -0.2) is 34.8 Å². The lowest BCUT2D eigenvalue weighted by molar-refractivity contribution is -0.121. The summed E-state index contributed by atoms with van der Waals surface area (Å²) in [7, 11) is -0.123. The third-order valence-corrected chi connectivity index (χ3v) is 5.16. The van der Waals surface area contributed by atoms with Gasteiger partial charge in [0, 0.05) is 17.9 Å². The van der Waals surface area contributed by atoms with Crippen LogP contribution in [-0.2, 0) is 21.1 Å². The van der Waals surface area contributed by atoms with Crippen LogP contribution in [0.3, 0.4) is 0 Å². The van der Waals surface area contributed by atoms with Gasteiger partial charge in [-0.3, -0.25) is 4.79 Å². The fourth-order valence-electron chi connectivity index (χ4n) is 2.55. The molecule has 26 heavy (non-hydrogen) atoms. The molecular formula is C19H23NO5S. The number of sulfone groups is 1. The quantitative estimate of drug-likeness (QED) is 0.802. The molecule has 0 aromatic heterocycles. The first-order chi connectivity index (χ1) is 12.2. The molecule has 7 heteroatoms. The van der Waals surface area contributed by atoms with Gasteiger partial charge in [0.15, 0.2) is 9.84 Å². The number of methoxy groups -OCH3 is 2. The maximum Gasteiger partial charge on any atom is 0.225 e. The highest BCUT2D eigenvalue weighted by atomic mass is 32.2. The van der Waals surface area contributed by atoms with Crippen molar-refractivity contribution >= 4 is 15.7 Å². The summed E-state index contributed by atoms with van der Waals surface area (Å²) in [6.07, 6.45) is 1.33. The second-order valence-corrected chi connectivity index (χ2v) is 8.00. The molecule has 1 N–H and O–H groups in total. The van der Waals surface area contributed by atoms with Crippen molar-refractivity contribution < 1.29 is 22.7 Å². The molecule has 2 aromatic rings. The summed E-state index contributed by atoms with van der Waals surface area (Å²) in [6.45, 7) is 1.85. The number of hydrogen-bond acceptors (Lipinski definition) is 5. The third kappa shape index (κ3) is 4.98. The molecule has 0 radical (unpaired) electrons. The van der Waals surface area contributed by atoms with Gasteiger partial charge in [0.2, 0.25) is 5.91 Å². The molecule has 6 nitrogen and oxygen atoms in total. The molecule has 1 unspecified atom stereocenters. The number of rotatable bonds is 7. The minimum atomic E-state index is -3.23. The van der Waals surface area contributed by atoms with Crippen molar-refractivity contribution in [1.29, 1.82) is 0 Å². The van der Waals surface area contributed by atoms with E-state index in [-0.39, 0.29) is 23.3 Å². The molecule has 0 bridgehead atoms. The monoisotopic (exact) mass is 377 g/mol. The van der Waals surface area contributed by atoms with Crippen molar-refractivity contribution in [3.8, 4) is 11.5 Å². The molecule has 0 saturated carbocycles. The first-order valence-electron chi connectivity index (χ1n) is 8.05. The highest BCUT2D eigenvalue weighted by Crippen LogP contribution is 2.25. The van der Waals surface area contributed by atoms with E-state index in [9.17, 15) is 13.2 Å². The van der Waals surface area contributed by atoms with Crippen LogP contribution in [0.25, 0.3) is 0 Å². The SMILES string of the molecule is COc1ccc(CC(=O)NC(C)c2ccc(S(C)(=O)=O)cc2)c(OC)c1. The molecule has 0 spiro atoms. The van der Waals surface area contributed by atoms with Gasteiger partial charge < -0.3 is 14.8 Å². The zero-order valence-corrected chi connectivity index (χ0v) is 16.1. The summed E-state index contributed by atoms with van der Waals surface area (Å²) in [6, 6.07) is 11.5. The van der Waals surface area contributed by atoms with E-state index in [4.69, 9.17) is 9.47 Å². The fraction of sp³-hybridized carbons (Fsp3) is 0.316. The van der Waals surface area contributed by atoms with E-state index in [1.807, 2.05) is 6.92 Å². The normalized spacial score (nSPS) is 12.3. The molecular weight excluding hydrogens is 354 g/mol. The predicted molar refractivity (Wildman–Crippen MR) is 99.4 cm³/mol. The summed E-state index contributed by atoms with van der Waals surface area (Å²) in [5.74, 6) is 1.09. The Hall–Kier alpha value is -2.54. The lowest BCUT2D eigenvalue weighted by atomic mass is 10.1. The Morgan fingerprint density at radius 2 is 1.73 bits per heavy atom. The maximum absolute atomic E-state index is 12.4. The number of amides is 1. The van der Waals surface area contributed by atoms with Crippen molar-refractivity contribution in [1.82, 2.24) is 5.32 Å². The van der Waals surface area contributed by atoms with Crippen LogP contribution in [0.2, 0.25) is 0 Å². The summed E-state index contributed by atoms with van der Waals surface area (Å²) < 4.78 is 33.5. The predicted octanol–water partition coefficient (Wildman–Crippen LogP) is 2.53. The highest BCUT2D eigenvalue weighted by molar-refractivity contribution is 7.90. The third-order valence-electron chi connectivity index (χ3n) is 4.03. The highest BCUT2D eigenvalue weighted by Gasteiger charge is 2.14. The molecule has 2 rings (SSSR count). The Bertz CT molecular complexity index is 875. The second-order valence-electron chi connectivity index (χ2n) is 5.98. The molecule has 0 saturated heterocycles. The molecule has 0 fully saturated rings. The maximum atomic E-state index is 12.4. The van der Waals surface area contributed by atoms with E-state index in [0.29, 0.717) is 11.5 Å². The number of carbonyl (C=O) groups is 1. The van der Waals surface area contributed by atoms with Crippen LogP contribution in [0.1, 0.15) is 24.1 Å². The van der Waals surface area contributed by atoms with Gasteiger partial charge in [0.05, 0.1) is 31.6 Å². The molecule has 0 aliphatic carbocycles. The summed E-state index contributed by atoms with van der Waals surface area (Å²) in [5, 5.41) is 2.91. The van der Waals surface area contributed by atoms with Crippen molar-refractivity contribution in [2.45, 2.75) is 24.3 Å². The largest absolute Gasteiger partial charge is 0.497 e. The Balaban J connectivity index is 2.05. The van der Waals surface area contributed by atoms with Crippen LogP contribution >= 0.6 is 0 Å². The molecule has 0 aliphatic rings. The smallest absolute Gasteiger partial charge is 0.225 e. The number of nitrogens with one attached hydrogen (secondary N) is 1. The summed E-state index contributed by atoms with van der Waals surface area (Å²) in [5.41, 5.74) is 1.58. The van der Waals surface area contributed by atoms with Crippen molar-refractivity contribution in [3.63, 3.8) is 0 Å². The van der Waals surface area contributed by atoms with Crippen molar-refractivity contribution in [2.75, 3.05) is 20.5 Å². The van der Waals surface area contributed by atoms with Crippen molar-refractivity contribution in [3.05, 3.63) is 53.6 Å². The van der Waals surface area contributed by atoms with Gasteiger partial charge >= 0.3 is 0 Å². The average Bonchev–Trinajstić information content (AvgIpc) is 2.61. The van der Waals surface area contributed by atoms with Crippen LogP contribution in [0, 0.1) is 0 Å². The Kier molecular flexibility index (Phi) is 6.26. The van der Waals surface area contributed by atoms with Gasteiger partial charge in [-0.05, 0) is 30.7 Å². The number of ether oxygens (including phenoxy) is 2. The Morgan fingerprint density at radius 3 is 2.27 bits per heavy atom. The first kappa shape index (κ1) is 19.8. The first-order valence-corrected chi connectivity index (χ1v) is 9.94. The van der Waals surface area contributed by atoms with Crippen LogP contribution in [0.15, 0.2) is 47.4 Å². The Labute approximate surface area is 154 Å². The zero-order valence-electron chi connectivity index (χ0n) is 15.3. The average molecular weight is 377 g/mol. The van der Waals surface area contributed by atoms with E-state index in [2.05, 4.69) is 5.32 Å². The van der Waals surface area contributed by atoms with Gasteiger partial charge in [-0.15, -0.1) is 0 Å².